The van der Waals surface area contributed by atoms with Crippen molar-refractivity contribution in [3.05, 3.63) is 136 Å². The average Bonchev–Trinajstić information content (AvgIpc) is 4.31. The van der Waals surface area contributed by atoms with Crippen LogP contribution in [-0.4, -0.2) is 67.7 Å². The normalized spacial score (nSPS) is 11.9. The van der Waals surface area contributed by atoms with Gasteiger partial charge in [-0.3, -0.25) is 14.5 Å². The fourth-order valence-corrected chi connectivity index (χ4v) is 14.9. The van der Waals surface area contributed by atoms with E-state index in [1.54, 1.807) is 46.5 Å². The van der Waals surface area contributed by atoms with E-state index < -0.39 is 41.1 Å². The lowest BCUT2D eigenvalue weighted by atomic mass is 10.2. The number of aromatic nitrogens is 5. The molecule has 0 bridgehead atoms. The number of nitrogens with two attached hydrogens (primary N) is 1. The van der Waals surface area contributed by atoms with Crippen LogP contribution in [0.15, 0.2) is 124 Å². The fourth-order valence-electron chi connectivity index (χ4n) is 8.05. The molecule has 7 aromatic heterocycles. The van der Waals surface area contributed by atoms with Crippen molar-refractivity contribution in [3.63, 3.8) is 0 Å². The molecule has 0 spiro atoms. The number of amides is 2. The summed E-state index contributed by atoms with van der Waals surface area (Å²) in [6.07, 6.45) is -11.2. The van der Waals surface area contributed by atoms with E-state index in [0.717, 1.165) is 97.7 Å². The first kappa shape index (κ1) is 59.5. The largest absolute Gasteiger partial charge is 0.417 e. The number of hydrogen-bond donors (Lipinski definition) is 3. The highest BCUT2D eigenvalue weighted by molar-refractivity contribution is 8.00. The van der Waals surface area contributed by atoms with Gasteiger partial charge in [-0.15, -0.1) is 69.3 Å². The van der Waals surface area contributed by atoms with Crippen LogP contribution in [-0.2, 0) is 25.6 Å². The van der Waals surface area contributed by atoms with Crippen molar-refractivity contribution in [2.75, 3.05) is 52.6 Å². The van der Waals surface area contributed by atoms with Crippen molar-refractivity contribution >= 4 is 146 Å². The van der Waals surface area contributed by atoms with Crippen LogP contribution in [0, 0.1) is 0 Å². The predicted octanol–water partition coefficient (Wildman–Crippen LogP) is 17.0. The van der Waals surface area contributed by atoms with Gasteiger partial charge < -0.3 is 20.9 Å². The van der Waals surface area contributed by atoms with Gasteiger partial charge in [0.05, 0.1) is 32.9 Å². The number of fused-ring (bicyclic) bond motifs is 4. The molecule has 4 N–H and O–H groups in total. The summed E-state index contributed by atoms with van der Waals surface area (Å²) in [7, 11) is 4.78. The lowest BCUT2D eigenvalue weighted by molar-refractivity contribution is -0.138. The second-order valence-electron chi connectivity index (χ2n) is 16.9. The summed E-state index contributed by atoms with van der Waals surface area (Å²) in [6.45, 7) is 6.05. The Balaban J connectivity index is 0.000000158. The van der Waals surface area contributed by atoms with E-state index in [4.69, 9.17) is 5.73 Å². The van der Waals surface area contributed by atoms with Crippen molar-refractivity contribution in [1.29, 1.82) is 0 Å². The van der Waals surface area contributed by atoms with Crippen LogP contribution in [0.1, 0.15) is 56.8 Å². The number of nitrogen functional groups attached to an aromatic ring is 1. The molecule has 7 heterocycles. The third-order valence-electron chi connectivity index (χ3n) is 11.7. The van der Waals surface area contributed by atoms with Gasteiger partial charge in [0.15, 0.2) is 17.3 Å². The Bertz CT molecular complexity index is 3890. The molecule has 0 radical (unpaired) electrons. The summed E-state index contributed by atoms with van der Waals surface area (Å²) in [4.78, 5) is 47.9. The minimum absolute atomic E-state index is 0.00194. The zero-order valence-corrected chi connectivity index (χ0v) is 47.8. The van der Waals surface area contributed by atoms with Crippen molar-refractivity contribution in [3.8, 4) is 10.7 Å². The number of nitrogens with one attached hydrogen (secondary N) is 2. The molecule has 2 amide bonds. The Morgan fingerprint density at radius 1 is 0.637 bits per heavy atom. The number of aryl methyl sites for hydroxylation is 1. The molecule has 26 heteroatoms. The summed E-state index contributed by atoms with van der Waals surface area (Å²) in [5, 5.41) is 8.39. The quantitative estimate of drug-likeness (QED) is 0.0794. The molecular weight excluding hydrogens is 1170 g/mol. The highest BCUT2D eigenvalue weighted by Gasteiger charge is 2.35. The lowest BCUT2D eigenvalue weighted by Crippen LogP contribution is -2.28. The first-order valence-corrected chi connectivity index (χ1v) is 29.4. The van der Waals surface area contributed by atoms with E-state index >= 15 is 0 Å². The van der Waals surface area contributed by atoms with E-state index in [1.165, 1.54) is 53.4 Å². The maximum Gasteiger partial charge on any atom is 0.417 e. The van der Waals surface area contributed by atoms with E-state index in [9.17, 15) is 49.1 Å². The number of benzene rings is 3. The van der Waals surface area contributed by atoms with Crippen LogP contribution >= 0.6 is 69.3 Å². The molecule has 0 saturated heterocycles. The number of rotatable bonds is 12. The van der Waals surface area contributed by atoms with Crippen LogP contribution < -0.4 is 21.3 Å². The molecule has 10 aromatic rings. The number of thioether (sulfide) groups is 3. The van der Waals surface area contributed by atoms with Gasteiger partial charge >= 0.3 is 18.5 Å². The molecule has 10 rings (SSSR count). The zero-order chi connectivity index (χ0) is 57.8. The lowest BCUT2D eigenvalue weighted by Gasteiger charge is -2.19. The van der Waals surface area contributed by atoms with Gasteiger partial charge in [-0.2, -0.15) is 39.5 Å². The van der Waals surface area contributed by atoms with Gasteiger partial charge in [-0.1, -0.05) is 75.4 Å². The summed E-state index contributed by atoms with van der Waals surface area (Å²) in [5.41, 5.74) is 3.58. The molecule has 80 heavy (non-hydrogen) atoms. The highest BCUT2D eigenvalue weighted by Crippen LogP contribution is 2.46. The van der Waals surface area contributed by atoms with Crippen LogP contribution in [0.25, 0.3) is 52.1 Å². The van der Waals surface area contributed by atoms with Crippen LogP contribution in [0.4, 0.5) is 62.5 Å². The van der Waals surface area contributed by atoms with Gasteiger partial charge in [0.1, 0.15) is 21.1 Å². The van der Waals surface area contributed by atoms with Gasteiger partial charge in [0, 0.05) is 84.7 Å². The van der Waals surface area contributed by atoms with Crippen LogP contribution in [0.3, 0.4) is 0 Å². The Labute approximate surface area is 476 Å². The summed E-state index contributed by atoms with van der Waals surface area (Å²) in [6, 6.07) is 26.1. The maximum absolute atomic E-state index is 13.0. The summed E-state index contributed by atoms with van der Waals surface area (Å²) in [5.74, 6) is 2.45. The standard InChI is InChI=1S/2C18H16F3N3OS2.C18H14F3N3S2/c1-3-26-14-11-6-4-5-7-13(11)27-15(14)17(25)24(2)16-12(22)8-10(9-23-16)18(19,20)21;1-3-26-14-11-6-4-5-7-13(11)27-15(14)17(25)24-12-8-10(18(19,20)21)9-23-16(12)22-2;1-3-25-14-11-6-4-5-7-13(11)26-15(14)17-23-12-8-10(18(19,20)21)9-22-16(12)24(17)2/h4-9H,3,22H2,1-2H3;4-9H,3H2,1-2H3,(H,22,23)(H,24,25);4-9H,3H2,1-2H3. The smallest absolute Gasteiger partial charge is 0.396 e. The minimum atomic E-state index is -4.54. The number of hydrogen-bond acceptors (Lipinski definition) is 14. The number of pyridine rings is 3. The van der Waals surface area contributed by atoms with E-state index in [2.05, 4.69) is 43.6 Å². The second-order valence-corrected chi connectivity index (χ2v) is 23.9. The number of carbonyl (C=O) groups excluding carboxylic acids is 2. The SMILES string of the molecule is CCSc1c(-c2nc3cc(C(F)(F)F)cnc3n2C)sc2ccccc12.CCSc1c(C(=O)N(C)c2ncc(C(F)(F)F)cc2N)sc2ccccc12.CCSc1c(C(=O)Nc2cc(C(F)(F)F)cnc2NC)sc2ccccc12. The number of imidazole rings is 1. The summed E-state index contributed by atoms with van der Waals surface area (Å²) >= 11 is 9.07. The number of halogens is 9. The van der Waals surface area contributed by atoms with Crippen molar-refractivity contribution in [2.24, 2.45) is 7.05 Å². The summed E-state index contributed by atoms with van der Waals surface area (Å²) < 4.78 is 121. The number of thiophene rings is 3. The molecule has 0 aliphatic carbocycles. The first-order valence-electron chi connectivity index (χ1n) is 24.0. The van der Waals surface area contributed by atoms with Crippen LogP contribution in [0.5, 0.6) is 0 Å². The molecule has 0 unspecified atom stereocenters. The number of alkyl halides is 9. The Kier molecular flexibility index (Phi) is 18.3. The number of anilines is 4. The highest BCUT2D eigenvalue weighted by atomic mass is 32.2. The van der Waals surface area contributed by atoms with Gasteiger partial charge in [0.25, 0.3) is 11.8 Å². The molecular formula is C54H46F9N9O2S6. The van der Waals surface area contributed by atoms with Gasteiger partial charge in [-0.05, 0) is 53.7 Å². The zero-order valence-electron chi connectivity index (χ0n) is 42.9. The molecule has 0 aliphatic rings. The Morgan fingerprint density at radius 3 is 1.64 bits per heavy atom. The second kappa shape index (κ2) is 24.6. The number of nitrogens with zero attached hydrogens (tertiary/aromatic N) is 6. The van der Waals surface area contributed by atoms with Crippen molar-refractivity contribution in [1.82, 2.24) is 24.5 Å². The minimum Gasteiger partial charge on any atom is -0.396 e. The monoisotopic (exact) mass is 1220 g/mol. The van der Waals surface area contributed by atoms with Crippen LogP contribution in [0.2, 0.25) is 0 Å². The fraction of sp³-hybridized carbons (Fsp3) is 0.222. The van der Waals surface area contributed by atoms with Crippen molar-refractivity contribution < 1.29 is 49.1 Å². The molecule has 3 aromatic carbocycles. The third kappa shape index (κ3) is 12.8. The molecule has 0 saturated carbocycles. The molecule has 0 atom stereocenters. The first-order chi connectivity index (χ1) is 38.0. The molecule has 418 valence electrons. The van der Waals surface area contributed by atoms with Gasteiger partial charge in [0.2, 0.25) is 0 Å². The topological polar surface area (TPSA) is 144 Å². The third-order valence-corrected chi connectivity index (χ3v) is 18.6. The average molecular weight is 1220 g/mol. The molecule has 0 fully saturated rings. The molecule has 11 nitrogen and oxygen atoms in total. The Morgan fingerprint density at radius 2 is 1.10 bits per heavy atom. The Hall–Kier alpha value is -6.58. The van der Waals surface area contributed by atoms with E-state index in [-0.39, 0.29) is 34.4 Å². The predicted molar refractivity (Wildman–Crippen MR) is 310 cm³/mol. The van der Waals surface area contributed by atoms with Gasteiger partial charge in [-0.25, -0.2) is 19.9 Å². The molecule has 0 aliphatic heterocycles. The van der Waals surface area contributed by atoms with E-state index in [1.807, 2.05) is 80.6 Å². The maximum atomic E-state index is 13.0. The number of carbonyl (C=O) groups is 2. The van der Waals surface area contributed by atoms with E-state index in [0.29, 0.717) is 27.4 Å². The van der Waals surface area contributed by atoms with Crippen molar-refractivity contribution in [2.45, 2.75) is 54.0 Å².